The molecule has 2 aromatic carbocycles. The predicted molar refractivity (Wildman–Crippen MR) is 109 cm³/mol. The fourth-order valence-electron chi connectivity index (χ4n) is 3.20. The molecule has 2 rings (SSSR count). The van der Waals surface area contributed by atoms with Crippen LogP contribution in [0.4, 0.5) is 0 Å². The van der Waals surface area contributed by atoms with E-state index in [1.54, 1.807) is 0 Å². The van der Waals surface area contributed by atoms with Crippen LogP contribution in [0.1, 0.15) is 80.4 Å². The molecule has 0 nitrogen and oxygen atoms in total. The molecule has 0 saturated heterocycles. The first-order chi connectivity index (χ1) is 10.7. The second kappa shape index (κ2) is 5.61. The van der Waals surface area contributed by atoms with Crippen molar-refractivity contribution in [3.05, 3.63) is 47.5 Å². The van der Waals surface area contributed by atoms with E-state index in [0.717, 1.165) is 0 Å². The van der Waals surface area contributed by atoms with Crippen LogP contribution >= 0.6 is 0 Å². The fraction of sp³-hybridized carbons (Fsp3) is 0.583. The maximum absolute atomic E-state index is 2.39. The maximum atomic E-state index is 2.39. The Balaban J connectivity index is 2.83. The third-order valence-corrected chi connectivity index (χ3v) is 7.02. The first-order valence-electron chi connectivity index (χ1n) is 9.24. The highest BCUT2D eigenvalue weighted by Crippen LogP contribution is 2.48. The highest BCUT2D eigenvalue weighted by atomic mass is 14.4. The van der Waals surface area contributed by atoms with Gasteiger partial charge in [-0.05, 0) is 43.6 Å². The number of hydrogen-bond acceptors (Lipinski definition) is 0. The Bertz CT molecular complexity index is 666. The van der Waals surface area contributed by atoms with Crippen molar-refractivity contribution < 1.29 is 0 Å². The van der Waals surface area contributed by atoms with E-state index in [0.29, 0.717) is 0 Å². The van der Waals surface area contributed by atoms with Crippen molar-refractivity contribution in [3.63, 3.8) is 0 Å². The van der Waals surface area contributed by atoms with Crippen LogP contribution in [-0.2, 0) is 10.8 Å². The summed E-state index contributed by atoms with van der Waals surface area (Å²) >= 11 is 0. The smallest absolute Gasteiger partial charge is 0.00489 e. The molecule has 2 aromatic rings. The minimum atomic E-state index is 0.108. The van der Waals surface area contributed by atoms with Gasteiger partial charge >= 0.3 is 0 Å². The topological polar surface area (TPSA) is 0 Å². The lowest BCUT2D eigenvalue weighted by Gasteiger charge is -2.43. The molecule has 0 heterocycles. The Morgan fingerprint density at radius 1 is 0.458 bits per heavy atom. The van der Waals surface area contributed by atoms with E-state index in [4.69, 9.17) is 0 Å². The van der Waals surface area contributed by atoms with Gasteiger partial charge in [0.25, 0.3) is 0 Å². The summed E-state index contributed by atoms with van der Waals surface area (Å²) in [6, 6.07) is 13.7. The Kier molecular flexibility index (Phi) is 4.45. The Labute approximate surface area is 149 Å². The van der Waals surface area contributed by atoms with Gasteiger partial charge in [0.15, 0.2) is 0 Å². The van der Waals surface area contributed by atoms with Crippen LogP contribution in [0.25, 0.3) is 10.8 Å². The molecule has 0 spiro atoms. The molecule has 0 aliphatic carbocycles. The average molecular weight is 325 g/mol. The van der Waals surface area contributed by atoms with E-state index in [2.05, 4.69) is 106 Å². The number of benzene rings is 2. The van der Waals surface area contributed by atoms with Gasteiger partial charge in [-0.1, -0.05) is 106 Å². The first-order valence-corrected chi connectivity index (χ1v) is 9.24. The van der Waals surface area contributed by atoms with Crippen molar-refractivity contribution >= 4 is 10.8 Å². The molecule has 132 valence electrons. The zero-order valence-electron chi connectivity index (χ0n) is 17.5. The molecule has 0 unspecified atom stereocenters. The minimum Gasteiger partial charge on any atom is -0.0616 e. The second-order valence-electron chi connectivity index (χ2n) is 10.5. The normalized spacial score (nSPS) is 14.2. The van der Waals surface area contributed by atoms with Crippen molar-refractivity contribution in [2.24, 2.45) is 10.8 Å². The van der Waals surface area contributed by atoms with E-state index in [1.807, 2.05) is 0 Å². The molecule has 0 saturated carbocycles. The van der Waals surface area contributed by atoms with Gasteiger partial charge in [0.05, 0.1) is 0 Å². The summed E-state index contributed by atoms with van der Waals surface area (Å²) in [5, 5.41) is 2.82. The van der Waals surface area contributed by atoms with Gasteiger partial charge in [0.1, 0.15) is 0 Å². The molecule has 24 heavy (non-hydrogen) atoms. The van der Waals surface area contributed by atoms with Gasteiger partial charge in [-0.3, -0.25) is 0 Å². The van der Waals surface area contributed by atoms with Gasteiger partial charge in [-0.15, -0.1) is 0 Å². The van der Waals surface area contributed by atoms with Crippen LogP contribution in [0.5, 0.6) is 0 Å². The SMILES string of the molecule is CC(C)(C)C(C)(C)c1ccc(C(C)(C)C(C)(C)C)c2ccccc12. The minimum absolute atomic E-state index is 0.108. The van der Waals surface area contributed by atoms with E-state index in [-0.39, 0.29) is 21.7 Å². The quantitative estimate of drug-likeness (QED) is 0.537. The van der Waals surface area contributed by atoms with Crippen molar-refractivity contribution in [2.75, 3.05) is 0 Å². The van der Waals surface area contributed by atoms with Gasteiger partial charge in [0, 0.05) is 0 Å². The van der Waals surface area contributed by atoms with Crippen LogP contribution in [0.2, 0.25) is 0 Å². The summed E-state index contributed by atoms with van der Waals surface area (Å²) in [7, 11) is 0. The molecular formula is C24H36. The van der Waals surface area contributed by atoms with E-state index in [1.165, 1.54) is 21.9 Å². The molecule has 0 bridgehead atoms. The molecule has 0 aliphatic rings. The number of hydrogen-bond donors (Lipinski definition) is 0. The Morgan fingerprint density at radius 3 is 1.00 bits per heavy atom. The van der Waals surface area contributed by atoms with Crippen molar-refractivity contribution in [1.29, 1.82) is 0 Å². The van der Waals surface area contributed by atoms with E-state index >= 15 is 0 Å². The summed E-state index contributed by atoms with van der Waals surface area (Å²) in [5.41, 5.74) is 3.54. The second-order valence-corrected chi connectivity index (χ2v) is 10.5. The van der Waals surface area contributed by atoms with E-state index < -0.39 is 0 Å². The van der Waals surface area contributed by atoms with E-state index in [9.17, 15) is 0 Å². The van der Waals surface area contributed by atoms with Gasteiger partial charge in [-0.2, -0.15) is 0 Å². The molecule has 0 radical (unpaired) electrons. The Morgan fingerprint density at radius 2 is 0.750 bits per heavy atom. The molecule has 0 fully saturated rings. The van der Waals surface area contributed by atoms with Gasteiger partial charge in [0.2, 0.25) is 0 Å². The predicted octanol–water partition coefficient (Wildman–Crippen LogP) is 7.49. The molecular weight excluding hydrogens is 288 g/mol. The third-order valence-electron chi connectivity index (χ3n) is 7.02. The summed E-state index contributed by atoms with van der Waals surface area (Å²) in [5.74, 6) is 0. The molecule has 0 aromatic heterocycles. The largest absolute Gasteiger partial charge is 0.0616 e. The van der Waals surface area contributed by atoms with Gasteiger partial charge < -0.3 is 0 Å². The molecule has 0 aliphatic heterocycles. The van der Waals surface area contributed by atoms with Crippen LogP contribution in [0.15, 0.2) is 36.4 Å². The molecule has 0 amide bonds. The highest BCUT2D eigenvalue weighted by molar-refractivity contribution is 5.90. The van der Waals surface area contributed by atoms with Gasteiger partial charge in [-0.25, -0.2) is 0 Å². The number of fused-ring (bicyclic) bond motifs is 1. The van der Waals surface area contributed by atoms with Crippen molar-refractivity contribution in [1.82, 2.24) is 0 Å². The third kappa shape index (κ3) is 2.89. The zero-order chi connectivity index (χ0) is 18.6. The monoisotopic (exact) mass is 324 g/mol. The van der Waals surface area contributed by atoms with Crippen LogP contribution in [-0.4, -0.2) is 0 Å². The zero-order valence-corrected chi connectivity index (χ0v) is 17.5. The lowest BCUT2D eigenvalue weighted by molar-refractivity contribution is 0.224. The average Bonchev–Trinajstić information content (AvgIpc) is 2.43. The first kappa shape index (κ1) is 19.0. The summed E-state index contributed by atoms with van der Waals surface area (Å²) in [6.45, 7) is 23.6. The fourth-order valence-corrected chi connectivity index (χ4v) is 3.20. The molecule has 0 N–H and O–H groups in total. The standard InChI is InChI=1S/C24H36/c1-21(2,3)23(7,8)19-15-16-20(24(9,10)22(4,5)6)18-14-12-11-13-17(18)19/h11-16H,1-10H3. The highest BCUT2D eigenvalue weighted by Gasteiger charge is 2.38. The number of rotatable bonds is 2. The van der Waals surface area contributed by atoms with Crippen LogP contribution in [0.3, 0.4) is 0 Å². The van der Waals surface area contributed by atoms with Crippen molar-refractivity contribution in [3.8, 4) is 0 Å². The van der Waals surface area contributed by atoms with Crippen molar-refractivity contribution in [2.45, 2.75) is 80.1 Å². The lowest BCUT2D eigenvalue weighted by atomic mass is 9.61. The Hall–Kier alpha value is -1.30. The van der Waals surface area contributed by atoms with Crippen LogP contribution < -0.4 is 0 Å². The lowest BCUT2D eigenvalue weighted by Crippen LogP contribution is -2.36. The summed E-state index contributed by atoms with van der Waals surface area (Å²) < 4.78 is 0. The summed E-state index contributed by atoms with van der Waals surface area (Å²) in [6.07, 6.45) is 0. The maximum Gasteiger partial charge on any atom is -0.00489 e. The van der Waals surface area contributed by atoms with Crippen LogP contribution in [0, 0.1) is 10.8 Å². The summed E-state index contributed by atoms with van der Waals surface area (Å²) in [4.78, 5) is 0. The molecule has 0 atom stereocenters. The molecule has 0 heteroatoms.